The molecule has 0 spiro atoms. The Morgan fingerprint density at radius 2 is 2.05 bits per heavy atom. The number of benzene rings is 1. The van der Waals surface area contributed by atoms with Gasteiger partial charge in [0, 0.05) is 10.6 Å². The summed E-state index contributed by atoms with van der Waals surface area (Å²) in [5, 5.41) is 9.74. The second kappa shape index (κ2) is 4.85. The molecule has 2 aliphatic rings. The quantitative estimate of drug-likeness (QED) is 0.905. The minimum Gasteiger partial charge on any atom is -0.481 e. The van der Waals surface area contributed by atoms with E-state index in [0.717, 1.165) is 12.0 Å². The highest BCUT2D eigenvalue weighted by Crippen LogP contribution is 2.33. The highest BCUT2D eigenvalue weighted by Gasteiger charge is 2.39. The molecule has 1 heterocycles. The summed E-state index contributed by atoms with van der Waals surface area (Å²) in [7, 11) is 0. The normalized spacial score (nSPS) is 29.3. The van der Waals surface area contributed by atoms with Gasteiger partial charge in [-0.15, -0.1) is 0 Å². The molecular weight excluding hydrogens is 266 g/mol. The predicted molar refractivity (Wildman–Crippen MR) is 71.6 cm³/mol. The van der Waals surface area contributed by atoms with E-state index in [1.165, 1.54) is 0 Å². The van der Waals surface area contributed by atoms with Crippen molar-refractivity contribution in [2.24, 2.45) is 10.9 Å². The van der Waals surface area contributed by atoms with Gasteiger partial charge in [-0.2, -0.15) is 0 Å². The lowest BCUT2D eigenvalue weighted by atomic mass is 9.84. The van der Waals surface area contributed by atoms with Gasteiger partial charge in [0.15, 0.2) is 0 Å². The van der Waals surface area contributed by atoms with Crippen molar-refractivity contribution in [3.63, 3.8) is 0 Å². The highest BCUT2D eigenvalue weighted by molar-refractivity contribution is 6.30. The molecule has 0 aromatic heterocycles. The maximum absolute atomic E-state index is 11.0. The van der Waals surface area contributed by atoms with Crippen molar-refractivity contribution in [3.8, 4) is 0 Å². The van der Waals surface area contributed by atoms with Gasteiger partial charge in [-0.1, -0.05) is 11.6 Å². The molecule has 0 amide bonds. The molecule has 100 valence electrons. The number of carboxylic acid groups (broad SMARTS) is 1. The van der Waals surface area contributed by atoms with Gasteiger partial charge >= 0.3 is 5.97 Å². The maximum Gasteiger partial charge on any atom is 0.306 e. The topological polar surface area (TPSA) is 58.9 Å². The summed E-state index contributed by atoms with van der Waals surface area (Å²) < 4.78 is 5.83. The van der Waals surface area contributed by atoms with Crippen LogP contribution in [0.15, 0.2) is 29.3 Å². The van der Waals surface area contributed by atoms with Gasteiger partial charge in [0.2, 0.25) is 5.90 Å². The first-order chi connectivity index (χ1) is 9.13. The average molecular weight is 280 g/mol. The van der Waals surface area contributed by atoms with Crippen LogP contribution in [-0.2, 0) is 9.53 Å². The average Bonchev–Trinajstić information content (AvgIpc) is 2.82. The van der Waals surface area contributed by atoms with Crippen LogP contribution < -0.4 is 0 Å². The first-order valence-electron chi connectivity index (χ1n) is 6.36. The minimum atomic E-state index is -0.728. The lowest BCUT2D eigenvalue weighted by Gasteiger charge is -2.26. The Balaban J connectivity index is 1.78. The molecule has 3 atom stereocenters. The number of rotatable bonds is 2. The number of ether oxygens (including phenoxy) is 1. The molecule has 19 heavy (non-hydrogen) atoms. The Kier molecular flexibility index (Phi) is 3.19. The molecule has 0 radical (unpaired) electrons. The van der Waals surface area contributed by atoms with Gasteiger partial charge in [0.25, 0.3) is 0 Å². The number of halogens is 1. The number of hydrogen-bond donors (Lipinski definition) is 1. The number of hydrogen-bond acceptors (Lipinski definition) is 3. The zero-order chi connectivity index (χ0) is 13.4. The second-order valence-corrected chi connectivity index (χ2v) is 5.45. The van der Waals surface area contributed by atoms with Crippen LogP contribution in [0.3, 0.4) is 0 Å². The lowest BCUT2D eigenvalue weighted by Crippen LogP contribution is -2.33. The van der Waals surface area contributed by atoms with Crippen molar-refractivity contribution in [1.29, 1.82) is 0 Å². The molecule has 0 bridgehead atoms. The Labute approximate surface area is 116 Å². The Bertz CT molecular complexity index is 526. The van der Waals surface area contributed by atoms with Crippen molar-refractivity contribution in [2.45, 2.75) is 31.4 Å². The summed E-state index contributed by atoms with van der Waals surface area (Å²) in [6.07, 6.45) is 2.01. The molecule has 5 heteroatoms. The third-order valence-electron chi connectivity index (χ3n) is 3.74. The predicted octanol–water partition coefficient (Wildman–Crippen LogP) is 2.74. The number of nitrogens with zero attached hydrogens (tertiary/aromatic N) is 1. The first-order valence-corrected chi connectivity index (χ1v) is 6.74. The minimum absolute atomic E-state index is 0.0273. The van der Waals surface area contributed by atoms with Gasteiger partial charge in [-0.25, -0.2) is 4.99 Å². The lowest BCUT2D eigenvalue weighted by molar-refractivity contribution is -0.143. The molecule has 0 saturated heterocycles. The molecule has 1 saturated carbocycles. The third kappa shape index (κ3) is 2.45. The summed E-state index contributed by atoms with van der Waals surface area (Å²) in [5.41, 5.74) is 0.894. The van der Waals surface area contributed by atoms with E-state index in [1.54, 1.807) is 12.1 Å². The monoisotopic (exact) mass is 279 g/mol. The molecule has 3 unspecified atom stereocenters. The van der Waals surface area contributed by atoms with Crippen LogP contribution in [0.1, 0.15) is 24.8 Å². The summed E-state index contributed by atoms with van der Waals surface area (Å²) in [4.78, 5) is 15.6. The van der Waals surface area contributed by atoms with Crippen molar-refractivity contribution < 1.29 is 14.6 Å². The van der Waals surface area contributed by atoms with Crippen LogP contribution in [-0.4, -0.2) is 29.1 Å². The van der Waals surface area contributed by atoms with Gasteiger partial charge in [-0.05, 0) is 43.5 Å². The van der Waals surface area contributed by atoms with E-state index in [9.17, 15) is 4.79 Å². The molecule has 1 fully saturated rings. The van der Waals surface area contributed by atoms with Gasteiger partial charge < -0.3 is 9.84 Å². The van der Waals surface area contributed by atoms with Crippen LogP contribution >= 0.6 is 11.6 Å². The Morgan fingerprint density at radius 3 is 2.74 bits per heavy atom. The molecule has 1 aliphatic carbocycles. The molecule has 3 rings (SSSR count). The fraction of sp³-hybridized carbons (Fsp3) is 0.429. The van der Waals surface area contributed by atoms with E-state index < -0.39 is 5.97 Å². The van der Waals surface area contributed by atoms with Crippen LogP contribution in [0.5, 0.6) is 0 Å². The maximum atomic E-state index is 11.0. The number of carboxylic acids is 1. The standard InChI is InChI=1S/C14H14ClNO3/c15-10-4-1-8(2-5-10)13-16-11-7-9(14(17)18)3-6-12(11)19-13/h1-2,4-5,9,11-12H,3,6-7H2,(H,17,18). The van der Waals surface area contributed by atoms with Crippen molar-refractivity contribution in [3.05, 3.63) is 34.9 Å². The summed E-state index contributed by atoms with van der Waals surface area (Å²) in [6.45, 7) is 0. The van der Waals surface area contributed by atoms with Crippen LogP contribution in [0.25, 0.3) is 0 Å². The molecule has 1 aromatic rings. The van der Waals surface area contributed by atoms with Crippen LogP contribution in [0.2, 0.25) is 5.02 Å². The van der Waals surface area contributed by atoms with Gasteiger partial charge in [-0.3, -0.25) is 4.79 Å². The molecule has 1 N–H and O–H groups in total. The van der Waals surface area contributed by atoms with Crippen molar-refractivity contribution in [2.75, 3.05) is 0 Å². The zero-order valence-corrected chi connectivity index (χ0v) is 11.0. The van der Waals surface area contributed by atoms with Crippen LogP contribution in [0, 0.1) is 5.92 Å². The van der Waals surface area contributed by atoms with Gasteiger partial charge in [0.1, 0.15) is 6.10 Å². The Hall–Kier alpha value is -1.55. The molecular formula is C14H14ClNO3. The number of fused-ring (bicyclic) bond motifs is 1. The highest BCUT2D eigenvalue weighted by atomic mass is 35.5. The molecule has 1 aromatic carbocycles. The molecule has 1 aliphatic heterocycles. The first kappa shape index (κ1) is 12.5. The summed E-state index contributed by atoms with van der Waals surface area (Å²) in [6, 6.07) is 7.30. The third-order valence-corrected chi connectivity index (χ3v) is 3.99. The molecule has 4 nitrogen and oxygen atoms in total. The number of aliphatic imine (C=N–C) groups is 1. The van der Waals surface area contributed by atoms with Crippen molar-refractivity contribution in [1.82, 2.24) is 0 Å². The number of aliphatic carboxylic acids is 1. The fourth-order valence-corrected chi connectivity index (χ4v) is 2.80. The van der Waals surface area contributed by atoms with Crippen molar-refractivity contribution >= 4 is 23.5 Å². The van der Waals surface area contributed by atoms with Crippen LogP contribution in [0.4, 0.5) is 0 Å². The van der Waals surface area contributed by atoms with Gasteiger partial charge in [0.05, 0.1) is 12.0 Å². The SMILES string of the molecule is O=C(O)C1CCC2OC(c3ccc(Cl)cc3)=NC2C1. The van der Waals surface area contributed by atoms with E-state index in [2.05, 4.69) is 4.99 Å². The fourth-order valence-electron chi connectivity index (χ4n) is 2.68. The summed E-state index contributed by atoms with van der Waals surface area (Å²) in [5.74, 6) is -0.413. The smallest absolute Gasteiger partial charge is 0.306 e. The van der Waals surface area contributed by atoms with E-state index in [4.69, 9.17) is 21.4 Å². The zero-order valence-electron chi connectivity index (χ0n) is 10.3. The number of carbonyl (C=O) groups is 1. The second-order valence-electron chi connectivity index (χ2n) is 5.01. The van der Waals surface area contributed by atoms with E-state index in [-0.39, 0.29) is 18.1 Å². The van der Waals surface area contributed by atoms with E-state index in [0.29, 0.717) is 23.8 Å². The summed E-state index contributed by atoms with van der Waals surface area (Å²) >= 11 is 5.85. The van der Waals surface area contributed by atoms with E-state index in [1.807, 2.05) is 12.1 Å². The Morgan fingerprint density at radius 1 is 1.32 bits per heavy atom. The van der Waals surface area contributed by atoms with E-state index >= 15 is 0 Å². The largest absolute Gasteiger partial charge is 0.481 e.